The van der Waals surface area contributed by atoms with Crippen molar-refractivity contribution in [3.05, 3.63) is 29.8 Å². The van der Waals surface area contributed by atoms with Gasteiger partial charge in [0.2, 0.25) is 5.91 Å². The SMILES string of the molecule is CCc1ccc(NC(=O)CN2CCCC(CCN)C2)cc1. The topological polar surface area (TPSA) is 58.4 Å². The minimum Gasteiger partial charge on any atom is -0.330 e. The molecule has 1 atom stereocenters. The van der Waals surface area contributed by atoms with Crippen LogP contribution in [0, 0.1) is 5.92 Å². The Balaban J connectivity index is 1.80. The standard InChI is InChI=1S/C17H27N3O/c1-2-14-5-7-16(8-6-14)19-17(21)13-20-11-3-4-15(12-20)9-10-18/h5-8,15H,2-4,9-13,18H2,1H3,(H,19,21). The van der Waals surface area contributed by atoms with Crippen LogP contribution in [-0.4, -0.2) is 37.0 Å². The van der Waals surface area contributed by atoms with E-state index in [0.717, 1.165) is 38.2 Å². The summed E-state index contributed by atoms with van der Waals surface area (Å²) in [5.41, 5.74) is 7.80. The maximum absolute atomic E-state index is 12.1. The van der Waals surface area contributed by atoms with Gasteiger partial charge in [-0.3, -0.25) is 9.69 Å². The first-order chi connectivity index (χ1) is 10.2. The molecule has 1 aromatic carbocycles. The number of carbonyl (C=O) groups excluding carboxylic acids is 1. The van der Waals surface area contributed by atoms with Crippen LogP contribution in [0.3, 0.4) is 0 Å². The summed E-state index contributed by atoms with van der Waals surface area (Å²) < 4.78 is 0. The van der Waals surface area contributed by atoms with Crippen LogP contribution in [0.25, 0.3) is 0 Å². The number of amides is 1. The quantitative estimate of drug-likeness (QED) is 0.844. The number of likely N-dealkylation sites (tertiary alicyclic amines) is 1. The van der Waals surface area contributed by atoms with E-state index in [1.165, 1.54) is 18.4 Å². The zero-order valence-corrected chi connectivity index (χ0v) is 13.0. The lowest BCUT2D eigenvalue weighted by molar-refractivity contribution is -0.117. The molecule has 1 heterocycles. The number of anilines is 1. The van der Waals surface area contributed by atoms with Gasteiger partial charge in [0.15, 0.2) is 0 Å². The van der Waals surface area contributed by atoms with Crippen LogP contribution in [0.1, 0.15) is 31.7 Å². The first kappa shape index (κ1) is 16.0. The average molecular weight is 289 g/mol. The summed E-state index contributed by atoms with van der Waals surface area (Å²) in [5, 5.41) is 2.98. The first-order valence-corrected chi connectivity index (χ1v) is 8.02. The Bertz CT molecular complexity index is 442. The zero-order chi connectivity index (χ0) is 15.1. The molecular weight excluding hydrogens is 262 g/mol. The van der Waals surface area contributed by atoms with Gasteiger partial charge in [0.25, 0.3) is 0 Å². The molecule has 4 heteroatoms. The second-order valence-corrected chi connectivity index (χ2v) is 5.92. The molecule has 1 aliphatic rings. The molecule has 1 aromatic rings. The fourth-order valence-electron chi connectivity index (χ4n) is 2.99. The molecule has 0 saturated carbocycles. The lowest BCUT2D eigenvalue weighted by Crippen LogP contribution is -2.40. The summed E-state index contributed by atoms with van der Waals surface area (Å²) in [7, 11) is 0. The van der Waals surface area contributed by atoms with E-state index >= 15 is 0 Å². The molecular formula is C17H27N3O. The molecule has 0 aromatic heterocycles. The van der Waals surface area contributed by atoms with E-state index in [1.807, 2.05) is 12.1 Å². The van der Waals surface area contributed by atoms with Crippen LogP contribution < -0.4 is 11.1 Å². The molecule has 0 aliphatic carbocycles. The number of rotatable bonds is 6. The predicted octanol–water partition coefficient (Wildman–Crippen LogP) is 2.25. The van der Waals surface area contributed by atoms with Gasteiger partial charge in [-0.05, 0) is 62.4 Å². The van der Waals surface area contributed by atoms with Crippen LogP contribution in [-0.2, 0) is 11.2 Å². The van der Waals surface area contributed by atoms with E-state index in [2.05, 4.69) is 29.3 Å². The molecule has 4 nitrogen and oxygen atoms in total. The Morgan fingerprint density at radius 3 is 2.81 bits per heavy atom. The highest BCUT2D eigenvalue weighted by atomic mass is 16.2. The zero-order valence-electron chi connectivity index (χ0n) is 13.0. The van der Waals surface area contributed by atoms with E-state index in [1.54, 1.807) is 0 Å². The molecule has 1 fully saturated rings. The largest absolute Gasteiger partial charge is 0.330 e. The molecule has 3 N–H and O–H groups in total. The van der Waals surface area contributed by atoms with E-state index in [4.69, 9.17) is 5.73 Å². The van der Waals surface area contributed by atoms with Crippen molar-refractivity contribution in [1.29, 1.82) is 0 Å². The number of nitrogens with zero attached hydrogens (tertiary/aromatic N) is 1. The molecule has 1 saturated heterocycles. The summed E-state index contributed by atoms with van der Waals surface area (Å²) in [4.78, 5) is 14.4. The van der Waals surface area contributed by atoms with E-state index < -0.39 is 0 Å². The van der Waals surface area contributed by atoms with Gasteiger partial charge in [-0.25, -0.2) is 0 Å². The van der Waals surface area contributed by atoms with E-state index in [9.17, 15) is 4.79 Å². The molecule has 0 bridgehead atoms. The van der Waals surface area contributed by atoms with Crippen LogP contribution in [0.5, 0.6) is 0 Å². The van der Waals surface area contributed by atoms with E-state index in [-0.39, 0.29) is 5.91 Å². The second kappa shape index (κ2) is 8.15. The van der Waals surface area contributed by atoms with Gasteiger partial charge in [-0.2, -0.15) is 0 Å². The van der Waals surface area contributed by atoms with Crippen LogP contribution in [0.2, 0.25) is 0 Å². The normalized spacial score (nSPS) is 19.4. The molecule has 1 amide bonds. The number of hydrogen-bond donors (Lipinski definition) is 2. The number of benzene rings is 1. The Hall–Kier alpha value is -1.39. The lowest BCUT2D eigenvalue weighted by atomic mass is 9.95. The van der Waals surface area contributed by atoms with E-state index in [0.29, 0.717) is 12.5 Å². The predicted molar refractivity (Wildman–Crippen MR) is 87.3 cm³/mol. The van der Waals surface area contributed by atoms with Gasteiger partial charge in [-0.15, -0.1) is 0 Å². The van der Waals surface area contributed by atoms with Crippen molar-refractivity contribution < 1.29 is 4.79 Å². The van der Waals surface area contributed by atoms with Crippen molar-refractivity contribution >= 4 is 11.6 Å². The fraction of sp³-hybridized carbons (Fsp3) is 0.588. The van der Waals surface area contributed by atoms with Crippen LogP contribution in [0.15, 0.2) is 24.3 Å². The lowest BCUT2D eigenvalue weighted by Gasteiger charge is -2.32. The van der Waals surface area contributed by atoms with Crippen molar-refractivity contribution in [3.8, 4) is 0 Å². The highest BCUT2D eigenvalue weighted by Crippen LogP contribution is 2.19. The minimum atomic E-state index is 0.0765. The third-order valence-corrected chi connectivity index (χ3v) is 4.19. The van der Waals surface area contributed by atoms with Gasteiger partial charge in [0, 0.05) is 12.2 Å². The van der Waals surface area contributed by atoms with Gasteiger partial charge in [-0.1, -0.05) is 19.1 Å². The monoisotopic (exact) mass is 289 g/mol. The molecule has 116 valence electrons. The Morgan fingerprint density at radius 2 is 2.14 bits per heavy atom. The average Bonchev–Trinajstić information content (AvgIpc) is 2.48. The summed E-state index contributed by atoms with van der Waals surface area (Å²) in [6.45, 7) is 5.37. The second-order valence-electron chi connectivity index (χ2n) is 5.92. The third-order valence-electron chi connectivity index (χ3n) is 4.19. The fourth-order valence-corrected chi connectivity index (χ4v) is 2.99. The maximum Gasteiger partial charge on any atom is 0.238 e. The smallest absolute Gasteiger partial charge is 0.238 e. The van der Waals surface area contributed by atoms with Crippen molar-refractivity contribution in [3.63, 3.8) is 0 Å². The maximum atomic E-state index is 12.1. The number of nitrogens with one attached hydrogen (secondary N) is 1. The Kier molecular flexibility index (Phi) is 6.21. The highest BCUT2D eigenvalue weighted by molar-refractivity contribution is 5.92. The van der Waals surface area contributed by atoms with Crippen molar-refractivity contribution in [1.82, 2.24) is 4.90 Å². The molecule has 0 radical (unpaired) electrons. The molecule has 1 aliphatic heterocycles. The van der Waals surface area contributed by atoms with Crippen LogP contribution >= 0.6 is 0 Å². The number of aryl methyl sites for hydroxylation is 1. The molecule has 21 heavy (non-hydrogen) atoms. The minimum absolute atomic E-state index is 0.0765. The number of hydrogen-bond acceptors (Lipinski definition) is 3. The third kappa shape index (κ3) is 5.14. The summed E-state index contributed by atoms with van der Waals surface area (Å²) in [5.74, 6) is 0.730. The van der Waals surface area contributed by atoms with Crippen LogP contribution in [0.4, 0.5) is 5.69 Å². The van der Waals surface area contributed by atoms with Crippen molar-refractivity contribution in [2.75, 3.05) is 31.5 Å². The molecule has 1 unspecified atom stereocenters. The summed E-state index contributed by atoms with van der Waals surface area (Å²) in [6, 6.07) is 8.08. The van der Waals surface area contributed by atoms with Gasteiger partial charge in [0.05, 0.1) is 6.54 Å². The highest BCUT2D eigenvalue weighted by Gasteiger charge is 2.20. The summed E-state index contributed by atoms with van der Waals surface area (Å²) in [6.07, 6.45) is 4.50. The van der Waals surface area contributed by atoms with Gasteiger partial charge < -0.3 is 11.1 Å². The molecule has 0 spiro atoms. The summed E-state index contributed by atoms with van der Waals surface area (Å²) >= 11 is 0. The first-order valence-electron chi connectivity index (χ1n) is 8.02. The number of nitrogens with two attached hydrogens (primary N) is 1. The van der Waals surface area contributed by atoms with Gasteiger partial charge in [0.1, 0.15) is 0 Å². The number of piperidine rings is 1. The Labute approximate surface area is 127 Å². The van der Waals surface area contributed by atoms with Crippen molar-refractivity contribution in [2.45, 2.75) is 32.6 Å². The number of carbonyl (C=O) groups is 1. The van der Waals surface area contributed by atoms with Gasteiger partial charge >= 0.3 is 0 Å². The molecule has 2 rings (SSSR count). The Morgan fingerprint density at radius 1 is 1.38 bits per heavy atom. The van der Waals surface area contributed by atoms with Crippen molar-refractivity contribution in [2.24, 2.45) is 11.7 Å².